The summed E-state index contributed by atoms with van der Waals surface area (Å²) >= 11 is 2.02. The normalized spacial score (nSPS) is 34.9. The number of fused-ring (bicyclic) bond motifs is 2. The van der Waals surface area contributed by atoms with Crippen molar-refractivity contribution in [2.24, 2.45) is 23.6 Å². The minimum absolute atomic E-state index is 0.525. The molecule has 0 saturated heterocycles. The van der Waals surface area contributed by atoms with Gasteiger partial charge >= 0.3 is 0 Å². The van der Waals surface area contributed by atoms with Crippen molar-refractivity contribution in [3.63, 3.8) is 0 Å². The van der Waals surface area contributed by atoms with Crippen LogP contribution in [0.4, 0.5) is 0 Å². The van der Waals surface area contributed by atoms with E-state index in [2.05, 4.69) is 19.3 Å². The summed E-state index contributed by atoms with van der Waals surface area (Å²) in [6.45, 7) is 4.52. The van der Waals surface area contributed by atoms with Gasteiger partial charge in [0.2, 0.25) is 0 Å². The van der Waals surface area contributed by atoms with Gasteiger partial charge in [-0.2, -0.15) is 11.8 Å². The van der Waals surface area contributed by atoms with Crippen LogP contribution in [0, 0.1) is 17.8 Å². The lowest BCUT2D eigenvalue weighted by atomic mass is 9.84. The van der Waals surface area contributed by atoms with Crippen LogP contribution in [0.2, 0.25) is 0 Å². The van der Waals surface area contributed by atoms with Crippen molar-refractivity contribution in [3.05, 3.63) is 0 Å². The Balaban J connectivity index is 1.74. The second-order valence-electron chi connectivity index (χ2n) is 5.92. The number of nitrogens with one attached hydrogen (secondary N) is 1. The highest BCUT2D eigenvalue weighted by Gasteiger charge is 2.39. The highest BCUT2D eigenvalue weighted by molar-refractivity contribution is 7.99. The lowest BCUT2D eigenvalue weighted by Gasteiger charge is -2.26. The van der Waals surface area contributed by atoms with Gasteiger partial charge in [-0.05, 0) is 48.7 Å². The van der Waals surface area contributed by atoms with E-state index in [9.17, 15) is 0 Å². The Hall–Kier alpha value is 0.270. The number of thioether (sulfide) groups is 1. The van der Waals surface area contributed by atoms with Gasteiger partial charge < -0.3 is 0 Å². The average molecular weight is 242 g/mol. The quantitative estimate of drug-likeness (QED) is 0.555. The van der Waals surface area contributed by atoms with Gasteiger partial charge in [-0.3, -0.25) is 11.3 Å². The first-order chi connectivity index (χ1) is 7.69. The molecular formula is C13H26N2S. The molecule has 94 valence electrons. The maximum atomic E-state index is 5.67. The van der Waals surface area contributed by atoms with Gasteiger partial charge in [-0.25, -0.2) is 0 Å². The number of rotatable bonds is 6. The van der Waals surface area contributed by atoms with Crippen molar-refractivity contribution in [3.8, 4) is 0 Å². The maximum absolute atomic E-state index is 5.67. The number of hydrogen-bond acceptors (Lipinski definition) is 3. The van der Waals surface area contributed by atoms with Crippen LogP contribution in [0.3, 0.4) is 0 Å². The van der Waals surface area contributed by atoms with E-state index >= 15 is 0 Å². The fourth-order valence-electron chi connectivity index (χ4n) is 3.52. The minimum Gasteiger partial charge on any atom is -0.271 e. The Morgan fingerprint density at radius 2 is 2.12 bits per heavy atom. The minimum atomic E-state index is 0.525. The summed E-state index contributed by atoms with van der Waals surface area (Å²) < 4.78 is 0. The molecule has 2 aliphatic rings. The molecule has 0 aliphatic heterocycles. The highest BCUT2D eigenvalue weighted by atomic mass is 32.2. The summed E-state index contributed by atoms with van der Waals surface area (Å²) in [5.74, 6) is 9.90. The summed E-state index contributed by atoms with van der Waals surface area (Å²) in [7, 11) is 0. The smallest absolute Gasteiger partial charge is 0.0303 e. The van der Waals surface area contributed by atoms with E-state index in [0.717, 1.165) is 23.0 Å². The first kappa shape index (κ1) is 12.7. The second-order valence-corrected chi connectivity index (χ2v) is 7.53. The molecular weight excluding hydrogens is 216 g/mol. The molecule has 3 N–H and O–H groups in total. The zero-order chi connectivity index (χ0) is 11.5. The Labute approximate surface area is 104 Å². The lowest BCUT2D eigenvalue weighted by Crippen LogP contribution is -2.39. The predicted molar refractivity (Wildman–Crippen MR) is 72.3 cm³/mol. The summed E-state index contributed by atoms with van der Waals surface area (Å²) in [5, 5.41) is 0.718. The Morgan fingerprint density at radius 3 is 2.62 bits per heavy atom. The van der Waals surface area contributed by atoms with E-state index in [-0.39, 0.29) is 0 Å². The molecule has 2 nitrogen and oxygen atoms in total. The molecule has 0 heterocycles. The average Bonchev–Trinajstić information content (AvgIpc) is 2.85. The molecule has 3 heteroatoms. The van der Waals surface area contributed by atoms with E-state index in [1.54, 1.807) is 0 Å². The molecule has 4 unspecified atom stereocenters. The van der Waals surface area contributed by atoms with Crippen molar-refractivity contribution in [1.82, 2.24) is 5.43 Å². The Kier molecular flexibility index (Phi) is 4.57. The standard InChI is InChI=1S/C13H26N2S/c1-9(2)16-8-13(15-14)7-12-6-10-3-4-11(12)5-10/h9-13,15H,3-8,14H2,1-2H3. The molecule has 2 saturated carbocycles. The maximum Gasteiger partial charge on any atom is 0.0303 e. The Morgan fingerprint density at radius 1 is 1.31 bits per heavy atom. The molecule has 0 radical (unpaired) electrons. The van der Waals surface area contributed by atoms with Gasteiger partial charge in [0.25, 0.3) is 0 Å². The zero-order valence-corrected chi connectivity index (χ0v) is 11.4. The third-order valence-corrected chi connectivity index (χ3v) is 5.60. The van der Waals surface area contributed by atoms with Crippen LogP contribution < -0.4 is 11.3 Å². The van der Waals surface area contributed by atoms with Gasteiger partial charge in [0, 0.05) is 11.8 Å². The third kappa shape index (κ3) is 3.14. The van der Waals surface area contributed by atoms with E-state index < -0.39 is 0 Å². The zero-order valence-electron chi connectivity index (χ0n) is 10.6. The number of hydrazine groups is 1. The number of nitrogens with two attached hydrogens (primary N) is 1. The highest BCUT2D eigenvalue weighted by Crippen LogP contribution is 2.49. The largest absolute Gasteiger partial charge is 0.271 e. The van der Waals surface area contributed by atoms with Gasteiger partial charge in [-0.1, -0.05) is 20.3 Å². The first-order valence-electron chi connectivity index (χ1n) is 6.76. The van der Waals surface area contributed by atoms with Gasteiger partial charge in [-0.15, -0.1) is 0 Å². The fraction of sp³-hybridized carbons (Fsp3) is 1.00. The van der Waals surface area contributed by atoms with Gasteiger partial charge in [0.15, 0.2) is 0 Å². The fourth-order valence-corrected chi connectivity index (χ4v) is 4.37. The molecule has 16 heavy (non-hydrogen) atoms. The van der Waals surface area contributed by atoms with Crippen LogP contribution in [0.25, 0.3) is 0 Å². The van der Waals surface area contributed by atoms with Gasteiger partial charge in [0.1, 0.15) is 0 Å². The van der Waals surface area contributed by atoms with Crippen LogP contribution >= 0.6 is 11.8 Å². The van der Waals surface area contributed by atoms with Crippen molar-refractivity contribution in [2.75, 3.05) is 5.75 Å². The molecule has 2 bridgehead atoms. The monoisotopic (exact) mass is 242 g/mol. The van der Waals surface area contributed by atoms with Crippen molar-refractivity contribution >= 4 is 11.8 Å². The van der Waals surface area contributed by atoms with Crippen LogP contribution in [-0.2, 0) is 0 Å². The molecule has 0 aromatic heterocycles. The van der Waals surface area contributed by atoms with E-state index in [0.29, 0.717) is 6.04 Å². The molecule has 0 spiro atoms. The summed E-state index contributed by atoms with van der Waals surface area (Å²) in [6.07, 6.45) is 7.29. The predicted octanol–water partition coefficient (Wildman–Crippen LogP) is 2.79. The van der Waals surface area contributed by atoms with Crippen molar-refractivity contribution in [2.45, 2.75) is 57.2 Å². The summed E-state index contributed by atoms with van der Waals surface area (Å²) in [6, 6.07) is 0.525. The van der Waals surface area contributed by atoms with Crippen LogP contribution in [0.5, 0.6) is 0 Å². The molecule has 4 atom stereocenters. The Bertz CT molecular complexity index is 220. The van der Waals surface area contributed by atoms with E-state index in [4.69, 9.17) is 5.84 Å². The molecule has 2 rings (SSSR count). The third-order valence-electron chi connectivity index (χ3n) is 4.34. The first-order valence-corrected chi connectivity index (χ1v) is 7.81. The molecule has 0 amide bonds. The molecule has 2 fully saturated rings. The summed E-state index contributed by atoms with van der Waals surface area (Å²) in [5.41, 5.74) is 3.02. The summed E-state index contributed by atoms with van der Waals surface area (Å²) in [4.78, 5) is 0. The van der Waals surface area contributed by atoms with Gasteiger partial charge in [0.05, 0.1) is 0 Å². The lowest BCUT2D eigenvalue weighted by molar-refractivity contribution is 0.286. The number of hydrogen-bond donors (Lipinski definition) is 2. The van der Waals surface area contributed by atoms with Crippen LogP contribution in [0.1, 0.15) is 46.0 Å². The second kappa shape index (κ2) is 5.74. The van der Waals surface area contributed by atoms with Crippen molar-refractivity contribution < 1.29 is 0 Å². The molecule has 0 aromatic carbocycles. The van der Waals surface area contributed by atoms with Crippen LogP contribution in [0.15, 0.2) is 0 Å². The van der Waals surface area contributed by atoms with Crippen molar-refractivity contribution in [1.29, 1.82) is 0 Å². The topological polar surface area (TPSA) is 38.0 Å². The van der Waals surface area contributed by atoms with E-state index in [1.807, 2.05) is 11.8 Å². The van der Waals surface area contributed by atoms with E-state index in [1.165, 1.54) is 37.9 Å². The molecule has 0 aromatic rings. The van der Waals surface area contributed by atoms with Crippen LogP contribution in [-0.4, -0.2) is 17.0 Å². The SMILES string of the molecule is CC(C)SCC(CC1CC2CCC1C2)NN. The molecule has 2 aliphatic carbocycles.